The molecule has 0 unspecified atom stereocenters. The van der Waals surface area contributed by atoms with Crippen LogP contribution in [0.5, 0.6) is 0 Å². The zero-order valence-electron chi connectivity index (χ0n) is 12.8. The first-order valence-corrected chi connectivity index (χ1v) is 7.38. The molecule has 142 valence electrons. The van der Waals surface area contributed by atoms with Crippen LogP contribution in [0.1, 0.15) is 41.3 Å². The molecule has 1 atom stereocenters. The van der Waals surface area contributed by atoms with Crippen LogP contribution in [-0.2, 0) is 12.6 Å². The third kappa shape index (κ3) is 2.95. The van der Waals surface area contributed by atoms with Crippen molar-refractivity contribution >= 4 is 0 Å². The molecule has 0 saturated carbocycles. The number of alkyl halides is 7. The molecule has 0 aliphatic heterocycles. The van der Waals surface area contributed by atoms with Gasteiger partial charge in [-0.2, -0.15) is 13.2 Å². The van der Waals surface area contributed by atoms with Crippen molar-refractivity contribution in [1.82, 2.24) is 4.57 Å². The highest BCUT2D eigenvalue weighted by Gasteiger charge is 2.50. The molecule has 26 heavy (non-hydrogen) atoms. The second-order valence-corrected chi connectivity index (χ2v) is 5.94. The number of aromatic nitrogens is 1. The molecule has 1 N–H and O–H groups in total. The molecule has 1 heterocycles. The van der Waals surface area contributed by atoms with Gasteiger partial charge in [0.25, 0.3) is 12.3 Å². The van der Waals surface area contributed by atoms with Crippen LogP contribution in [0.4, 0.5) is 35.1 Å². The zero-order chi connectivity index (χ0) is 19.4. The van der Waals surface area contributed by atoms with Crippen molar-refractivity contribution in [2.45, 2.75) is 37.5 Å². The van der Waals surface area contributed by atoms with Crippen molar-refractivity contribution in [3.63, 3.8) is 0 Å². The number of aliphatic hydroxyl groups is 1. The van der Waals surface area contributed by atoms with E-state index in [-0.39, 0.29) is 11.4 Å². The Bertz CT molecular complexity index is 840. The first-order valence-electron chi connectivity index (χ1n) is 7.38. The number of rotatable bonds is 2. The van der Waals surface area contributed by atoms with Crippen LogP contribution in [0.3, 0.4) is 0 Å². The Balaban J connectivity index is 2.24. The summed E-state index contributed by atoms with van der Waals surface area (Å²) in [5.74, 6) is -5.00. The predicted octanol–water partition coefficient (Wildman–Crippen LogP) is 5.19. The Kier molecular flexibility index (Phi) is 4.29. The number of nitrogens with zero attached hydrogens (tertiary/aromatic N) is 1. The Hall–Kier alpha value is -2.10. The van der Waals surface area contributed by atoms with E-state index in [0.29, 0.717) is 18.3 Å². The van der Waals surface area contributed by atoms with Gasteiger partial charge in [-0.3, -0.25) is 0 Å². The van der Waals surface area contributed by atoms with E-state index in [1.165, 1.54) is 0 Å². The quantitative estimate of drug-likeness (QED) is 0.708. The number of halogens is 8. The summed E-state index contributed by atoms with van der Waals surface area (Å²) in [7, 11) is 0. The lowest BCUT2D eigenvalue weighted by Crippen LogP contribution is -2.33. The molecule has 0 saturated heterocycles. The number of hydrogen-bond acceptors (Lipinski definition) is 1. The van der Waals surface area contributed by atoms with Crippen LogP contribution in [0.15, 0.2) is 24.4 Å². The van der Waals surface area contributed by atoms with Crippen molar-refractivity contribution in [2.24, 2.45) is 0 Å². The average Bonchev–Trinajstić information content (AvgIpc) is 2.91. The fraction of sp³-hybridized carbons (Fsp3) is 0.375. The fourth-order valence-electron chi connectivity index (χ4n) is 3.06. The maximum atomic E-state index is 13.7. The second kappa shape index (κ2) is 5.97. The van der Waals surface area contributed by atoms with Gasteiger partial charge in [0, 0.05) is 29.6 Å². The molecule has 1 aliphatic rings. The summed E-state index contributed by atoms with van der Waals surface area (Å²) < 4.78 is 107. The van der Waals surface area contributed by atoms with E-state index in [2.05, 4.69) is 0 Å². The van der Waals surface area contributed by atoms with E-state index in [1.54, 1.807) is 0 Å². The summed E-state index contributed by atoms with van der Waals surface area (Å²) >= 11 is 0. The first-order chi connectivity index (χ1) is 11.9. The van der Waals surface area contributed by atoms with Crippen LogP contribution in [0, 0.1) is 5.82 Å². The molecule has 0 spiro atoms. The van der Waals surface area contributed by atoms with E-state index in [4.69, 9.17) is 0 Å². The largest absolute Gasteiger partial charge is 0.418 e. The van der Waals surface area contributed by atoms with E-state index in [9.17, 15) is 40.2 Å². The molecule has 2 aromatic rings. The van der Waals surface area contributed by atoms with Crippen LogP contribution in [0.25, 0.3) is 5.69 Å². The lowest BCUT2D eigenvalue weighted by Gasteiger charge is -2.29. The standard InChI is InChI=1S/C16H11F8NO/c17-10-2-1-7(5-8(10)14(18)19)25-6-9(16(22,23)24)12-11(25)3-4-15(20,21)13(12)26/h1-2,5-6,13-14,26H,3-4H2/t13-/m0/s1. The van der Waals surface area contributed by atoms with Gasteiger partial charge in [0.1, 0.15) is 11.9 Å². The van der Waals surface area contributed by atoms with Crippen LogP contribution in [-0.4, -0.2) is 15.6 Å². The van der Waals surface area contributed by atoms with Gasteiger partial charge in [-0.15, -0.1) is 0 Å². The summed E-state index contributed by atoms with van der Waals surface area (Å²) in [6.45, 7) is 0. The Morgan fingerprint density at radius 3 is 2.42 bits per heavy atom. The van der Waals surface area contributed by atoms with Crippen molar-refractivity contribution in [3.8, 4) is 5.69 Å². The molecule has 1 aromatic carbocycles. The summed E-state index contributed by atoms with van der Waals surface area (Å²) in [6, 6.07) is 2.27. The molecule has 2 nitrogen and oxygen atoms in total. The van der Waals surface area contributed by atoms with Gasteiger partial charge < -0.3 is 9.67 Å². The Morgan fingerprint density at radius 2 is 1.85 bits per heavy atom. The normalized spacial score (nSPS) is 19.7. The minimum absolute atomic E-state index is 0.245. The maximum Gasteiger partial charge on any atom is 0.418 e. The van der Waals surface area contributed by atoms with Crippen molar-refractivity contribution in [3.05, 3.63) is 52.6 Å². The highest BCUT2D eigenvalue weighted by atomic mass is 19.4. The van der Waals surface area contributed by atoms with Gasteiger partial charge in [-0.25, -0.2) is 22.0 Å². The van der Waals surface area contributed by atoms with E-state index in [0.717, 1.165) is 10.6 Å². The van der Waals surface area contributed by atoms with Crippen molar-refractivity contribution in [2.75, 3.05) is 0 Å². The number of aliphatic hydroxyl groups excluding tert-OH is 1. The molecular formula is C16H11F8NO. The van der Waals surface area contributed by atoms with Gasteiger partial charge in [0.15, 0.2) is 0 Å². The van der Waals surface area contributed by atoms with Gasteiger partial charge in [0.2, 0.25) is 0 Å². The van der Waals surface area contributed by atoms with Crippen molar-refractivity contribution in [1.29, 1.82) is 0 Å². The molecular weight excluding hydrogens is 374 g/mol. The van der Waals surface area contributed by atoms with Crippen LogP contribution < -0.4 is 0 Å². The zero-order valence-corrected chi connectivity index (χ0v) is 12.8. The molecule has 0 fully saturated rings. The molecule has 1 aliphatic carbocycles. The monoisotopic (exact) mass is 385 g/mol. The molecule has 0 amide bonds. The van der Waals surface area contributed by atoms with E-state index < -0.39 is 60.0 Å². The lowest BCUT2D eigenvalue weighted by molar-refractivity contribution is -0.147. The van der Waals surface area contributed by atoms with Gasteiger partial charge >= 0.3 is 6.18 Å². The predicted molar refractivity (Wildman–Crippen MR) is 73.9 cm³/mol. The minimum atomic E-state index is -5.05. The molecule has 3 rings (SSSR count). The smallest absolute Gasteiger partial charge is 0.382 e. The van der Waals surface area contributed by atoms with Gasteiger partial charge in [-0.1, -0.05) is 0 Å². The number of benzene rings is 1. The summed E-state index contributed by atoms with van der Waals surface area (Å²) in [5.41, 5.74) is -4.02. The Morgan fingerprint density at radius 1 is 1.19 bits per heavy atom. The molecule has 0 radical (unpaired) electrons. The summed E-state index contributed by atoms with van der Waals surface area (Å²) in [6.07, 6.45) is -11.9. The van der Waals surface area contributed by atoms with E-state index in [1.807, 2.05) is 0 Å². The number of fused-ring (bicyclic) bond motifs is 1. The van der Waals surface area contributed by atoms with Gasteiger partial charge in [-0.05, 0) is 24.6 Å². The molecule has 1 aromatic heterocycles. The number of hydrogen-bond donors (Lipinski definition) is 1. The third-order valence-corrected chi connectivity index (χ3v) is 4.32. The maximum absolute atomic E-state index is 13.7. The van der Waals surface area contributed by atoms with Crippen LogP contribution in [0.2, 0.25) is 0 Å². The topological polar surface area (TPSA) is 25.2 Å². The second-order valence-electron chi connectivity index (χ2n) is 5.94. The summed E-state index contributed by atoms with van der Waals surface area (Å²) in [4.78, 5) is 0. The lowest BCUT2D eigenvalue weighted by atomic mass is 9.89. The fourth-order valence-corrected chi connectivity index (χ4v) is 3.06. The minimum Gasteiger partial charge on any atom is -0.382 e. The average molecular weight is 385 g/mol. The van der Waals surface area contributed by atoms with Crippen molar-refractivity contribution < 1.29 is 40.2 Å². The highest BCUT2D eigenvalue weighted by molar-refractivity contribution is 5.48. The first kappa shape index (κ1) is 18.7. The third-order valence-electron chi connectivity index (χ3n) is 4.32. The van der Waals surface area contributed by atoms with Gasteiger partial charge in [0.05, 0.1) is 11.1 Å². The highest BCUT2D eigenvalue weighted by Crippen LogP contribution is 2.48. The van der Waals surface area contributed by atoms with Crippen LogP contribution >= 0.6 is 0 Å². The molecule has 0 bridgehead atoms. The SMILES string of the molecule is O[C@H]1c2c(C(F)(F)F)cn(-c3ccc(F)c(C(F)F)c3)c2CCC1(F)F. The van der Waals surface area contributed by atoms with E-state index >= 15 is 0 Å². The summed E-state index contributed by atoms with van der Waals surface area (Å²) in [5, 5.41) is 9.74. The Labute approximate surface area is 141 Å². The molecule has 10 heteroatoms.